The molecule has 0 atom stereocenters. The Balaban J connectivity index is 1.14. The van der Waals surface area contributed by atoms with E-state index in [0.29, 0.717) is 0 Å². The number of rotatable bonds is 6. The third-order valence-electron chi connectivity index (χ3n) is 11.5. The summed E-state index contributed by atoms with van der Waals surface area (Å²) in [5.41, 5.74) is 9.93. The topological polar surface area (TPSA) is 45.7 Å². The molecule has 0 amide bonds. The number of aryl methyl sites for hydroxylation is 1. The maximum Gasteiger partial charge on any atom is 0.268 e. The fourth-order valence-electron chi connectivity index (χ4n) is 9.04. The van der Waals surface area contributed by atoms with Crippen molar-refractivity contribution in [2.45, 2.75) is 0 Å². The van der Waals surface area contributed by atoms with E-state index >= 15 is 0 Å². The van der Waals surface area contributed by atoms with E-state index in [9.17, 15) is 0 Å². The zero-order valence-electron chi connectivity index (χ0n) is 31.5. The van der Waals surface area contributed by atoms with Gasteiger partial charge in [-0.25, -0.2) is 4.98 Å². The number of para-hydroxylation sites is 4. The lowest BCUT2D eigenvalue weighted by Crippen LogP contribution is -2.28. The first-order chi connectivity index (χ1) is 28.7. The highest BCUT2D eigenvalue weighted by molar-refractivity contribution is 6.40. The molecule has 7 nitrogen and oxygen atoms in total. The van der Waals surface area contributed by atoms with Gasteiger partial charge in [-0.05, 0) is 78.9 Å². The molecule has 58 heavy (non-hydrogen) atoms. The molecule has 0 aliphatic heterocycles. The van der Waals surface area contributed by atoms with E-state index in [2.05, 4.69) is 154 Å². The monoisotopic (exact) mass is 746 g/mol. The number of ether oxygens (including phenoxy) is 1. The van der Waals surface area contributed by atoms with Gasteiger partial charge in [0.05, 0.1) is 39.0 Å². The predicted octanol–water partition coefficient (Wildman–Crippen LogP) is 11.6. The van der Waals surface area contributed by atoms with Crippen LogP contribution < -0.4 is 9.30 Å². The molecule has 5 heterocycles. The molecule has 7 aromatic carbocycles. The normalized spacial score (nSPS) is 11.9. The fraction of sp³-hybridized carbons (Fsp3) is 0.0196. The molecule has 0 radical (unpaired) electrons. The van der Waals surface area contributed by atoms with Crippen molar-refractivity contribution < 1.29 is 9.30 Å². The molecule has 0 saturated heterocycles. The molecular weight excluding hydrogens is 713 g/mol. The van der Waals surface area contributed by atoms with E-state index in [1.165, 1.54) is 43.5 Å². The quantitative estimate of drug-likeness (QED) is 0.126. The van der Waals surface area contributed by atoms with Gasteiger partial charge in [0.1, 0.15) is 17.3 Å². The largest absolute Gasteiger partial charge is 0.458 e. The molecule has 0 unspecified atom stereocenters. The van der Waals surface area contributed by atoms with E-state index in [1.807, 2.05) is 70.2 Å². The van der Waals surface area contributed by atoms with Crippen LogP contribution in [-0.4, -0.2) is 23.3 Å². The Labute approximate surface area is 333 Å². The molecule has 0 spiro atoms. The predicted molar refractivity (Wildman–Crippen MR) is 233 cm³/mol. The van der Waals surface area contributed by atoms with Gasteiger partial charge >= 0.3 is 0 Å². The van der Waals surface area contributed by atoms with Crippen molar-refractivity contribution >= 4 is 65.4 Å². The van der Waals surface area contributed by atoms with E-state index in [0.717, 1.165) is 56.3 Å². The van der Waals surface area contributed by atoms with Gasteiger partial charge in [0.25, 0.3) is 6.33 Å². The van der Waals surface area contributed by atoms with Crippen LogP contribution in [0.1, 0.15) is 0 Å². The maximum absolute atomic E-state index is 6.73. The number of hydrogen-bond donors (Lipinski definition) is 0. The van der Waals surface area contributed by atoms with Crippen LogP contribution in [0.25, 0.3) is 88.3 Å². The van der Waals surface area contributed by atoms with Crippen molar-refractivity contribution in [3.05, 3.63) is 195 Å². The van der Waals surface area contributed by atoms with Crippen molar-refractivity contribution in [2.24, 2.45) is 7.05 Å². The first-order valence-corrected chi connectivity index (χ1v) is 19.4. The first kappa shape index (κ1) is 32.4. The Kier molecular flexibility index (Phi) is 7.01. The standard InChI is InChI=1S/C51H34N6O/c1-53-42-23-10-8-21-39(42)48-49-46(40-22-9-11-24-43(40)56(49)35-17-6-3-7-18-35)47-41-27-26-38(32-44(41)57(51(47)50(48)53)45-25-12-13-28-52-45)58-37-20-14-19-36(31-37)55-30-29-54(33-55)34-15-4-2-5-16-34/h2-32H,1H3. The second-order valence-electron chi connectivity index (χ2n) is 14.7. The average molecular weight is 747 g/mol. The van der Waals surface area contributed by atoms with E-state index in [4.69, 9.17) is 9.72 Å². The molecule has 0 bridgehead atoms. The molecular formula is C51H34N6O. The smallest absolute Gasteiger partial charge is 0.268 e. The van der Waals surface area contributed by atoms with Crippen LogP contribution in [0.3, 0.4) is 0 Å². The van der Waals surface area contributed by atoms with Crippen LogP contribution >= 0.6 is 0 Å². The molecule has 0 aliphatic carbocycles. The number of imidazole rings is 1. The van der Waals surface area contributed by atoms with E-state index < -0.39 is 0 Å². The summed E-state index contributed by atoms with van der Waals surface area (Å²) < 4.78 is 17.8. The molecule has 0 saturated carbocycles. The summed E-state index contributed by atoms with van der Waals surface area (Å²) in [5.74, 6) is 2.31. The zero-order valence-corrected chi connectivity index (χ0v) is 31.5. The molecule has 274 valence electrons. The van der Waals surface area contributed by atoms with Crippen LogP contribution in [0.2, 0.25) is 0 Å². The molecule has 7 heteroatoms. The van der Waals surface area contributed by atoms with Gasteiger partial charge in [-0.2, -0.15) is 0 Å². The van der Waals surface area contributed by atoms with Crippen LogP contribution in [0.15, 0.2) is 188 Å². The summed E-state index contributed by atoms with van der Waals surface area (Å²) in [7, 11) is 2.19. The SMILES string of the molecule is Cn1c2ccccc2c2c1c1c(c3ccc(Oc4cccc(-[n+]5[c-]n(-c6ccccc6)cc5)c4)cc3n1-c1ccccn1)c1c3ccccc3n(-c3ccccc3)c12. The summed E-state index contributed by atoms with van der Waals surface area (Å²) in [6.45, 7) is 0. The van der Waals surface area contributed by atoms with Crippen molar-refractivity contribution in [1.29, 1.82) is 0 Å². The highest BCUT2D eigenvalue weighted by Crippen LogP contribution is 2.49. The second-order valence-corrected chi connectivity index (χ2v) is 14.7. The number of benzene rings is 7. The number of nitrogens with zero attached hydrogens (tertiary/aromatic N) is 6. The van der Waals surface area contributed by atoms with E-state index in [-0.39, 0.29) is 0 Å². The summed E-state index contributed by atoms with van der Waals surface area (Å²) in [4.78, 5) is 4.99. The molecule has 0 aliphatic rings. The summed E-state index contributed by atoms with van der Waals surface area (Å²) >= 11 is 0. The molecule has 12 rings (SSSR count). The van der Waals surface area contributed by atoms with Crippen molar-refractivity contribution in [3.8, 4) is 34.4 Å². The molecule has 0 fully saturated rings. The van der Waals surface area contributed by atoms with Crippen molar-refractivity contribution in [2.75, 3.05) is 0 Å². The fourth-order valence-corrected chi connectivity index (χ4v) is 9.04. The van der Waals surface area contributed by atoms with Gasteiger partial charge in [0.15, 0.2) is 0 Å². The number of hydrogen-bond acceptors (Lipinski definition) is 2. The molecule has 5 aromatic heterocycles. The molecule has 0 N–H and O–H groups in total. The Morgan fingerprint density at radius 2 is 1.19 bits per heavy atom. The lowest BCUT2D eigenvalue weighted by molar-refractivity contribution is -0.599. The minimum atomic E-state index is 0.732. The minimum absolute atomic E-state index is 0.732. The Hall–Kier alpha value is -7.90. The summed E-state index contributed by atoms with van der Waals surface area (Å²) in [6.07, 6.45) is 9.32. The first-order valence-electron chi connectivity index (χ1n) is 19.4. The van der Waals surface area contributed by atoms with Crippen LogP contribution in [0.4, 0.5) is 0 Å². The Bertz CT molecular complexity index is 3540. The van der Waals surface area contributed by atoms with Crippen LogP contribution in [-0.2, 0) is 7.05 Å². The molecule has 12 aromatic rings. The van der Waals surface area contributed by atoms with Gasteiger partial charge in [-0.1, -0.05) is 84.9 Å². The van der Waals surface area contributed by atoms with Crippen molar-refractivity contribution in [1.82, 2.24) is 23.3 Å². The average Bonchev–Trinajstić information content (AvgIpc) is 4.05. The third-order valence-corrected chi connectivity index (χ3v) is 11.5. The number of fused-ring (bicyclic) bond motifs is 12. The van der Waals surface area contributed by atoms with Gasteiger partial charge < -0.3 is 13.9 Å². The Morgan fingerprint density at radius 1 is 0.517 bits per heavy atom. The summed E-state index contributed by atoms with van der Waals surface area (Å²) in [6, 6.07) is 59.3. The minimum Gasteiger partial charge on any atom is -0.458 e. The lowest BCUT2D eigenvalue weighted by atomic mass is 10.0. The van der Waals surface area contributed by atoms with Crippen LogP contribution in [0, 0.1) is 6.33 Å². The number of pyridine rings is 1. The van der Waals surface area contributed by atoms with Gasteiger partial charge in [0.2, 0.25) is 0 Å². The van der Waals surface area contributed by atoms with Gasteiger partial charge in [0, 0.05) is 75.2 Å². The van der Waals surface area contributed by atoms with Crippen LogP contribution in [0.5, 0.6) is 11.5 Å². The van der Waals surface area contributed by atoms with Crippen molar-refractivity contribution in [3.63, 3.8) is 0 Å². The zero-order chi connectivity index (χ0) is 38.3. The summed E-state index contributed by atoms with van der Waals surface area (Å²) in [5, 5.41) is 7.15. The highest BCUT2D eigenvalue weighted by Gasteiger charge is 2.28. The van der Waals surface area contributed by atoms with Gasteiger partial charge in [-0.3, -0.25) is 13.7 Å². The third kappa shape index (κ3) is 4.74. The van der Waals surface area contributed by atoms with Gasteiger partial charge in [-0.15, -0.1) is 0 Å². The number of aromatic nitrogens is 6. The van der Waals surface area contributed by atoms with E-state index in [1.54, 1.807) is 0 Å². The lowest BCUT2D eigenvalue weighted by Gasteiger charge is -2.12. The Morgan fingerprint density at radius 3 is 1.98 bits per heavy atom. The maximum atomic E-state index is 6.73. The second kappa shape index (κ2) is 12.6. The highest BCUT2D eigenvalue weighted by atomic mass is 16.5.